The summed E-state index contributed by atoms with van der Waals surface area (Å²) in [7, 11) is 1.47. The number of hydrogen-bond donors (Lipinski definition) is 1. The summed E-state index contributed by atoms with van der Waals surface area (Å²) >= 11 is 0. The van der Waals surface area contributed by atoms with E-state index in [0.29, 0.717) is 23.5 Å². The van der Waals surface area contributed by atoms with Gasteiger partial charge in [-0.2, -0.15) is 0 Å². The number of pyridine rings is 2. The highest BCUT2D eigenvalue weighted by Crippen LogP contribution is 2.20. The third-order valence-corrected chi connectivity index (χ3v) is 2.64. The summed E-state index contributed by atoms with van der Waals surface area (Å²) in [4.78, 5) is 29.0. The predicted molar refractivity (Wildman–Crippen MR) is 72.3 cm³/mol. The highest BCUT2D eigenvalue weighted by molar-refractivity contribution is 5.79. The van der Waals surface area contributed by atoms with Crippen LogP contribution in [0.25, 0.3) is 0 Å². The van der Waals surface area contributed by atoms with Crippen molar-refractivity contribution in [2.24, 2.45) is 0 Å². The van der Waals surface area contributed by atoms with E-state index in [9.17, 15) is 9.59 Å². The van der Waals surface area contributed by atoms with Crippen molar-refractivity contribution in [2.45, 2.75) is 13.5 Å². The molecule has 0 aliphatic heterocycles. The molecule has 20 heavy (non-hydrogen) atoms. The Bertz CT molecular complexity index is 679. The van der Waals surface area contributed by atoms with Crippen LogP contribution in [0.5, 0.6) is 11.6 Å². The first kappa shape index (κ1) is 13.8. The molecule has 0 saturated carbocycles. The van der Waals surface area contributed by atoms with Gasteiger partial charge >= 0.3 is 0 Å². The fraction of sp³-hybridized carbons (Fsp3) is 0.214. The number of hydrogen-bond acceptors (Lipinski definition) is 5. The number of aryl methyl sites for hydroxylation is 1. The van der Waals surface area contributed by atoms with Crippen molar-refractivity contribution in [3.8, 4) is 11.6 Å². The predicted octanol–water partition coefficient (Wildman–Crippen LogP) is 1.48. The lowest BCUT2D eigenvalue weighted by Crippen LogP contribution is -2.09. The zero-order chi connectivity index (χ0) is 14.5. The highest BCUT2D eigenvalue weighted by Gasteiger charge is 2.07. The van der Waals surface area contributed by atoms with Gasteiger partial charge in [0.25, 0.3) is 0 Å². The smallest absolute Gasteiger partial charge is 0.248 e. The summed E-state index contributed by atoms with van der Waals surface area (Å²) in [6.07, 6.45) is 2.09. The van der Waals surface area contributed by atoms with Gasteiger partial charge in [0.05, 0.1) is 18.9 Å². The lowest BCUT2D eigenvalue weighted by molar-refractivity contribution is 0.111. The molecule has 0 aliphatic carbocycles. The summed E-state index contributed by atoms with van der Waals surface area (Å²) in [6.45, 7) is 1.97. The number of H-pyrrole nitrogens is 1. The maximum atomic E-state index is 11.3. The number of nitrogens with one attached hydrogen (secondary N) is 1. The zero-order valence-corrected chi connectivity index (χ0v) is 11.2. The Kier molecular flexibility index (Phi) is 4.14. The standard InChI is InChI=1S/C14H14N2O4/c1-9-3-10(4-13(18)16-9)8-20-12-6-15-14(19-2)5-11(12)7-17/h3-7H,8H2,1-2H3,(H,16,18). The number of carbonyl (C=O) groups is 1. The van der Waals surface area contributed by atoms with Crippen molar-refractivity contribution in [3.05, 3.63) is 51.6 Å². The molecule has 1 N–H and O–H groups in total. The summed E-state index contributed by atoms with van der Waals surface area (Å²) < 4.78 is 10.5. The molecular weight excluding hydrogens is 260 g/mol. The number of methoxy groups -OCH3 is 1. The van der Waals surface area contributed by atoms with Crippen LogP contribution >= 0.6 is 0 Å². The molecule has 2 aromatic heterocycles. The van der Waals surface area contributed by atoms with Gasteiger partial charge in [-0.1, -0.05) is 0 Å². The monoisotopic (exact) mass is 274 g/mol. The van der Waals surface area contributed by atoms with Crippen LogP contribution in [0.1, 0.15) is 21.6 Å². The van der Waals surface area contributed by atoms with Crippen LogP contribution in [-0.2, 0) is 6.61 Å². The number of aromatic amines is 1. The molecule has 0 bridgehead atoms. The molecular formula is C14H14N2O4. The average molecular weight is 274 g/mol. The number of carbonyl (C=O) groups excluding carboxylic acids is 1. The Hall–Kier alpha value is -2.63. The number of nitrogens with zero attached hydrogens (tertiary/aromatic N) is 1. The average Bonchev–Trinajstić information content (AvgIpc) is 2.44. The van der Waals surface area contributed by atoms with Gasteiger partial charge in [-0.25, -0.2) is 4.98 Å². The topological polar surface area (TPSA) is 81.3 Å². The van der Waals surface area contributed by atoms with Crippen LogP contribution in [0.4, 0.5) is 0 Å². The van der Waals surface area contributed by atoms with Crippen LogP contribution in [0, 0.1) is 6.92 Å². The van der Waals surface area contributed by atoms with E-state index in [1.807, 2.05) is 0 Å². The second kappa shape index (κ2) is 6.01. The normalized spacial score (nSPS) is 10.1. The van der Waals surface area contributed by atoms with Gasteiger partial charge in [0.15, 0.2) is 6.29 Å². The molecule has 2 rings (SSSR count). The SMILES string of the molecule is COc1cc(C=O)c(OCc2cc(C)[nH]c(=O)c2)cn1. The van der Waals surface area contributed by atoms with Crippen LogP contribution < -0.4 is 15.0 Å². The minimum absolute atomic E-state index is 0.180. The molecule has 0 amide bonds. The third kappa shape index (κ3) is 3.23. The Morgan fingerprint density at radius 1 is 1.35 bits per heavy atom. The molecule has 104 valence electrons. The molecule has 0 aliphatic rings. The maximum Gasteiger partial charge on any atom is 0.248 e. The van der Waals surface area contributed by atoms with Crippen LogP contribution in [-0.4, -0.2) is 23.4 Å². The summed E-state index contributed by atoms with van der Waals surface area (Å²) in [6, 6.07) is 4.74. The largest absolute Gasteiger partial charge is 0.487 e. The van der Waals surface area contributed by atoms with Crippen LogP contribution in [0.2, 0.25) is 0 Å². The van der Waals surface area contributed by atoms with E-state index in [2.05, 4.69) is 9.97 Å². The van der Waals surface area contributed by atoms with Gasteiger partial charge in [-0.3, -0.25) is 9.59 Å². The Balaban J connectivity index is 2.18. The van der Waals surface area contributed by atoms with Gasteiger partial charge in [0.1, 0.15) is 12.4 Å². The minimum Gasteiger partial charge on any atom is -0.487 e. The summed E-state index contributed by atoms with van der Waals surface area (Å²) in [5, 5.41) is 0. The molecule has 0 saturated heterocycles. The van der Waals surface area contributed by atoms with Crippen molar-refractivity contribution in [1.29, 1.82) is 0 Å². The van der Waals surface area contributed by atoms with Gasteiger partial charge < -0.3 is 14.5 Å². The molecule has 0 atom stereocenters. The van der Waals surface area contributed by atoms with Crippen molar-refractivity contribution in [3.63, 3.8) is 0 Å². The van der Waals surface area contributed by atoms with Gasteiger partial charge in [-0.15, -0.1) is 0 Å². The third-order valence-electron chi connectivity index (χ3n) is 2.64. The van der Waals surface area contributed by atoms with Crippen molar-refractivity contribution in [1.82, 2.24) is 9.97 Å². The number of rotatable bonds is 5. The quantitative estimate of drug-likeness (QED) is 0.835. The van der Waals surface area contributed by atoms with Gasteiger partial charge in [0, 0.05) is 17.8 Å². The molecule has 2 heterocycles. The van der Waals surface area contributed by atoms with E-state index in [4.69, 9.17) is 9.47 Å². The Labute approximate surface area is 115 Å². The van der Waals surface area contributed by atoms with Gasteiger partial charge in [0.2, 0.25) is 11.4 Å². The fourth-order valence-corrected chi connectivity index (χ4v) is 1.76. The van der Waals surface area contributed by atoms with Crippen LogP contribution in [0.15, 0.2) is 29.2 Å². The molecule has 6 heteroatoms. The second-order valence-electron chi connectivity index (χ2n) is 4.21. The van der Waals surface area contributed by atoms with E-state index in [1.165, 1.54) is 25.4 Å². The lowest BCUT2D eigenvalue weighted by Gasteiger charge is -2.09. The highest BCUT2D eigenvalue weighted by atomic mass is 16.5. The molecule has 0 spiro atoms. The molecule has 0 radical (unpaired) electrons. The minimum atomic E-state index is -0.188. The van der Waals surface area contributed by atoms with E-state index in [-0.39, 0.29) is 12.2 Å². The maximum absolute atomic E-state index is 11.3. The molecule has 6 nitrogen and oxygen atoms in total. The summed E-state index contributed by atoms with van der Waals surface area (Å²) in [5.74, 6) is 0.685. The molecule has 0 aromatic carbocycles. The number of aromatic nitrogens is 2. The first-order valence-electron chi connectivity index (χ1n) is 5.94. The first-order chi connectivity index (χ1) is 9.62. The fourth-order valence-electron chi connectivity index (χ4n) is 1.76. The molecule has 0 unspecified atom stereocenters. The molecule has 0 fully saturated rings. The van der Waals surface area contributed by atoms with E-state index in [0.717, 1.165) is 11.3 Å². The second-order valence-corrected chi connectivity index (χ2v) is 4.21. The Morgan fingerprint density at radius 3 is 2.80 bits per heavy atom. The number of ether oxygens (including phenoxy) is 2. The van der Waals surface area contributed by atoms with E-state index >= 15 is 0 Å². The van der Waals surface area contributed by atoms with E-state index < -0.39 is 0 Å². The zero-order valence-electron chi connectivity index (χ0n) is 11.2. The number of aldehydes is 1. The lowest BCUT2D eigenvalue weighted by atomic mass is 10.2. The van der Waals surface area contributed by atoms with E-state index in [1.54, 1.807) is 13.0 Å². The summed E-state index contributed by atoms with van der Waals surface area (Å²) in [5.41, 5.74) is 1.63. The van der Waals surface area contributed by atoms with Crippen molar-refractivity contribution >= 4 is 6.29 Å². The van der Waals surface area contributed by atoms with Crippen molar-refractivity contribution in [2.75, 3.05) is 7.11 Å². The Morgan fingerprint density at radius 2 is 2.15 bits per heavy atom. The van der Waals surface area contributed by atoms with Crippen molar-refractivity contribution < 1.29 is 14.3 Å². The first-order valence-corrected chi connectivity index (χ1v) is 5.94. The molecule has 2 aromatic rings. The van der Waals surface area contributed by atoms with Crippen LogP contribution in [0.3, 0.4) is 0 Å². The van der Waals surface area contributed by atoms with Gasteiger partial charge in [-0.05, 0) is 18.6 Å².